The van der Waals surface area contributed by atoms with Crippen molar-refractivity contribution in [2.45, 2.75) is 26.4 Å². The number of rotatable bonds is 7. The van der Waals surface area contributed by atoms with Gasteiger partial charge in [0.25, 0.3) is 5.91 Å². The van der Waals surface area contributed by atoms with Crippen LogP contribution in [0, 0.1) is 0 Å². The van der Waals surface area contributed by atoms with E-state index in [4.69, 9.17) is 4.74 Å². The minimum Gasteiger partial charge on any atom is -0.496 e. The first-order valence-electron chi connectivity index (χ1n) is 8.76. The maximum atomic E-state index is 12.7. The molecule has 0 saturated heterocycles. The van der Waals surface area contributed by atoms with Gasteiger partial charge in [-0.1, -0.05) is 49.4 Å². The van der Waals surface area contributed by atoms with Crippen molar-refractivity contribution in [3.8, 4) is 17.0 Å². The lowest BCUT2D eigenvalue weighted by Crippen LogP contribution is -2.25. The molecule has 0 atom stereocenters. The first-order chi connectivity index (χ1) is 12.7. The summed E-state index contributed by atoms with van der Waals surface area (Å²) in [5, 5.41) is 7.61. The number of para-hydroxylation sites is 1. The van der Waals surface area contributed by atoms with Crippen LogP contribution in [-0.4, -0.2) is 22.8 Å². The predicted octanol–water partition coefficient (Wildman–Crippen LogP) is 3.90. The molecule has 0 spiro atoms. The Balaban J connectivity index is 1.86. The summed E-state index contributed by atoms with van der Waals surface area (Å²) in [7, 11) is 1.63. The van der Waals surface area contributed by atoms with Gasteiger partial charge in [-0.15, -0.1) is 0 Å². The number of aryl methyl sites for hydroxylation is 1. The Morgan fingerprint density at radius 3 is 2.58 bits per heavy atom. The van der Waals surface area contributed by atoms with Crippen LogP contribution in [0.15, 0.2) is 60.7 Å². The number of ether oxygens (including phenoxy) is 1. The molecule has 1 heterocycles. The molecule has 0 saturated carbocycles. The molecule has 3 rings (SSSR count). The summed E-state index contributed by atoms with van der Waals surface area (Å²) in [4.78, 5) is 12.7. The molecule has 1 amide bonds. The quantitative estimate of drug-likeness (QED) is 0.704. The Labute approximate surface area is 153 Å². The van der Waals surface area contributed by atoms with Crippen molar-refractivity contribution in [1.82, 2.24) is 15.1 Å². The van der Waals surface area contributed by atoms with Crippen molar-refractivity contribution in [1.29, 1.82) is 0 Å². The van der Waals surface area contributed by atoms with E-state index in [9.17, 15) is 4.79 Å². The average Bonchev–Trinajstić information content (AvgIpc) is 3.11. The maximum Gasteiger partial charge on any atom is 0.269 e. The van der Waals surface area contributed by atoms with E-state index in [1.54, 1.807) is 11.8 Å². The molecule has 3 aromatic rings. The van der Waals surface area contributed by atoms with E-state index >= 15 is 0 Å². The van der Waals surface area contributed by atoms with Crippen molar-refractivity contribution < 1.29 is 9.53 Å². The van der Waals surface area contributed by atoms with Crippen LogP contribution in [-0.2, 0) is 13.1 Å². The molecule has 0 unspecified atom stereocenters. The highest BCUT2D eigenvalue weighted by atomic mass is 16.5. The summed E-state index contributed by atoms with van der Waals surface area (Å²) in [6, 6.07) is 19.4. The summed E-state index contributed by atoms with van der Waals surface area (Å²) in [6.45, 7) is 3.24. The molecule has 5 nitrogen and oxygen atoms in total. The Bertz CT molecular complexity index is 872. The number of hydrogen-bond acceptors (Lipinski definition) is 3. The van der Waals surface area contributed by atoms with Gasteiger partial charge in [-0.25, -0.2) is 0 Å². The van der Waals surface area contributed by atoms with Gasteiger partial charge in [0.05, 0.1) is 12.8 Å². The van der Waals surface area contributed by atoms with Gasteiger partial charge in [0.1, 0.15) is 11.4 Å². The number of methoxy groups -OCH3 is 1. The normalized spacial score (nSPS) is 10.5. The third-order valence-electron chi connectivity index (χ3n) is 4.13. The van der Waals surface area contributed by atoms with Gasteiger partial charge in [0.15, 0.2) is 0 Å². The highest BCUT2D eigenvalue weighted by molar-refractivity contribution is 5.93. The molecular weight excluding hydrogens is 326 g/mol. The lowest BCUT2D eigenvalue weighted by atomic mass is 10.1. The maximum absolute atomic E-state index is 12.7. The van der Waals surface area contributed by atoms with Crippen LogP contribution in [0.5, 0.6) is 5.75 Å². The second-order valence-electron chi connectivity index (χ2n) is 6.01. The number of carbonyl (C=O) groups is 1. The lowest BCUT2D eigenvalue weighted by Gasteiger charge is -2.07. The van der Waals surface area contributed by atoms with Crippen LogP contribution >= 0.6 is 0 Å². The van der Waals surface area contributed by atoms with Crippen LogP contribution in [0.1, 0.15) is 29.4 Å². The van der Waals surface area contributed by atoms with Gasteiger partial charge in [-0.3, -0.25) is 9.48 Å². The van der Waals surface area contributed by atoms with Gasteiger partial charge < -0.3 is 10.1 Å². The number of nitrogens with zero attached hydrogens (tertiary/aromatic N) is 2. The summed E-state index contributed by atoms with van der Waals surface area (Å²) in [5.41, 5.74) is 3.23. The molecule has 2 aromatic carbocycles. The number of hydrogen-bond donors (Lipinski definition) is 1. The minimum atomic E-state index is -0.129. The zero-order valence-corrected chi connectivity index (χ0v) is 15.1. The highest BCUT2D eigenvalue weighted by Gasteiger charge is 2.17. The fourth-order valence-electron chi connectivity index (χ4n) is 2.84. The Kier molecular flexibility index (Phi) is 5.69. The lowest BCUT2D eigenvalue weighted by molar-refractivity contribution is 0.0940. The van der Waals surface area contributed by atoms with Crippen LogP contribution in [0.25, 0.3) is 11.3 Å². The monoisotopic (exact) mass is 349 g/mol. The molecule has 0 aliphatic carbocycles. The average molecular weight is 349 g/mol. The van der Waals surface area contributed by atoms with Crippen LogP contribution in [0.4, 0.5) is 0 Å². The van der Waals surface area contributed by atoms with Gasteiger partial charge in [-0.05, 0) is 30.2 Å². The summed E-state index contributed by atoms with van der Waals surface area (Å²) in [5.74, 6) is 0.612. The summed E-state index contributed by atoms with van der Waals surface area (Å²) < 4.78 is 7.19. The number of nitrogens with one attached hydrogen (secondary N) is 1. The zero-order chi connectivity index (χ0) is 18.4. The van der Waals surface area contributed by atoms with Crippen molar-refractivity contribution in [3.05, 3.63) is 71.9 Å². The number of amides is 1. The fourth-order valence-corrected chi connectivity index (χ4v) is 2.84. The van der Waals surface area contributed by atoms with E-state index in [-0.39, 0.29) is 5.91 Å². The largest absolute Gasteiger partial charge is 0.496 e. The SMILES string of the molecule is CCCn1nc(-c2ccccc2OC)cc1C(=O)NCc1ccccc1. The van der Waals surface area contributed by atoms with E-state index in [0.717, 1.165) is 29.0 Å². The predicted molar refractivity (Wildman–Crippen MR) is 102 cm³/mol. The minimum absolute atomic E-state index is 0.129. The molecule has 0 aliphatic heterocycles. The van der Waals surface area contributed by atoms with Gasteiger partial charge >= 0.3 is 0 Å². The summed E-state index contributed by atoms with van der Waals surface area (Å²) in [6.07, 6.45) is 0.895. The van der Waals surface area contributed by atoms with Crippen LogP contribution < -0.4 is 10.1 Å². The molecule has 0 bridgehead atoms. The van der Waals surface area contributed by atoms with E-state index in [1.165, 1.54) is 0 Å². The topological polar surface area (TPSA) is 56.2 Å². The molecular formula is C21H23N3O2. The number of aromatic nitrogens is 2. The van der Waals surface area contributed by atoms with Crippen molar-refractivity contribution in [3.63, 3.8) is 0 Å². The molecule has 134 valence electrons. The molecule has 5 heteroatoms. The Morgan fingerprint density at radius 1 is 1.12 bits per heavy atom. The van der Waals surface area contributed by atoms with Crippen molar-refractivity contribution in [2.75, 3.05) is 7.11 Å². The Hall–Kier alpha value is -3.08. The second-order valence-corrected chi connectivity index (χ2v) is 6.01. The van der Waals surface area contributed by atoms with Crippen molar-refractivity contribution >= 4 is 5.91 Å². The summed E-state index contributed by atoms with van der Waals surface area (Å²) >= 11 is 0. The van der Waals surface area contributed by atoms with Gasteiger partial charge in [-0.2, -0.15) is 5.10 Å². The standard InChI is InChI=1S/C21H23N3O2/c1-3-13-24-19(21(25)22-15-16-9-5-4-6-10-16)14-18(23-24)17-11-7-8-12-20(17)26-2/h4-12,14H,3,13,15H2,1-2H3,(H,22,25). The van der Waals surface area contributed by atoms with Gasteiger partial charge in [0, 0.05) is 18.7 Å². The van der Waals surface area contributed by atoms with E-state index in [0.29, 0.717) is 18.8 Å². The molecule has 0 radical (unpaired) electrons. The number of carbonyl (C=O) groups excluding carboxylic acids is 1. The first kappa shape index (κ1) is 17.7. The van der Waals surface area contributed by atoms with E-state index in [1.807, 2.05) is 60.7 Å². The molecule has 26 heavy (non-hydrogen) atoms. The van der Waals surface area contributed by atoms with Crippen LogP contribution in [0.3, 0.4) is 0 Å². The smallest absolute Gasteiger partial charge is 0.269 e. The third-order valence-corrected chi connectivity index (χ3v) is 4.13. The first-order valence-corrected chi connectivity index (χ1v) is 8.76. The van der Waals surface area contributed by atoms with E-state index < -0.39 is 0 Å². The molecule has 1 aromatic heterocycles. The molecule has 1 N–H and O–H groups in total. The van der Waals surface area contributed by atoms with Crippen molar-refractivity contribution in [2.24, 2.45) is 0 Å². The second kappa shape index (κ2) is 8.34. The van der Waals surface area contributed by atoms with Gasteiger partial charge in [0.2, 0.25) is 0 Å². The Morgan fingerprint density at radius 2 is 1.85 bits per heavy atom. The molecule has 0 fully saturated rings. The fraction of sp³-hybridized carbons (Fsp3) is 0.238. The third kappa shape index (κ3) is 3.94. The van der Waals surface area contributed by atoms with Crippen LogP contribution in [0.2, 0.25) is 0 Å². The zero-order valence-electron chi connectivity index (χ0n) is 15.1. The number of benzene rings is 2. The molecule has 0 aliphatic rings. The highest BCUT2D eigenvalue weighted by Crippen LogP contribution is 2.29. The van der Waals surface area contributed by atoms with E-state index in [2.05, 4.69) is 17.3 Å².